The standard InChI is InChI=1S/C20H29NO2.C13H23NO2/c1-18(2,3)23-17(22)12-19(4)14-21(15-20(19)10-11-20)13-16-8-6-5-7-9-16;1-11(2,3)16-10(15)7-12(4)8-14-9-13(12)5-6-13/h5-9H,10-15H2,1-4H3;14H,5-9H2,1-4H3. The highest BCUT2D eigenvalue weighted by atomic mass is 16.6. The Bertz CT molecular complexity index is 1030. The molecule has 2 heterocycles. The number of hydrogen-bond donors (Lipinski definition) is 1. The minimum absolute atomic E-state index is 0.0457. The third-order valence-electron chi connectivity index (χ3n) is 9.50. The van der Waals surface area contributed by atoms with Crippen LogP contribution >= 0.6 is 0 Å². The lowest BCUT2D eigenvalue weighted by Crippen LogP contribution is -2.34. The van der Waals surface area contributed by atoms with Gasteiger partial charge in [-0.2, -0.15) is 0 Å². The van der Waals surface area contributed by atoms with Crippen LogP contribution in [0.3, 0.4) is 0 Å². The van der Waals surface area contributed by atoms with E-state index in [0.29, 0.717) is 23.7 Å². The second-order valence-electron chi connectivity index (χ2n) is 15.4. The van der Waals surface area contributed by atoms with Gasteiger partial charge >= 0.3 is 11.9 Å². The number of nitrogens with one attached hydrogen (secondary N) is 1. The summed E-state index contributed by atoms with van der Waals surface area (Å²) in [6.45, 7) is 21.2. The Morgan fingerprint density at radius 2 is 1.28 bits per heavy atom. The van der Waals surface area contributed by atoms with Crippen LogP contribution in [-0.2, 0) is 25.6 Å². The Labute approximate surface area is 236 Å². The fourth-order valence-electron chi connectivity index (χ4n) is 7.00. The highest BCUT2D eigenvalue weighted by Crippen LogP contribution is 2.64. The number of hydrogen-bond acceptors (Lipinski definition) is 6. The summed E-state index contributed by atoms with van der Waals surface area (Å²) in [4.78, 5) is 26.8. The van der Waals surface area contributed by atoms with Gasteiger partial charge in [0.25, 0.3) is 0 Å². The van der Waals surface area contributed by atoms with E-state index in [2.05, 4.69) is 54.4 Å². The van der Waals surface area contributed by atoms with Crippen LogP contribution in [0.5, 0.6) is 0 Å². The molecule has 2 saturated heterocycles. The van der Waals surface area contributed by atoms with Crippen molar-refractivity contribution in [3.05, 3.63) is 35.9 Å². The van der Waals surface area contributed by atoms with Gasteiger partial charge in [-0.1, -0.05) is 44.2 Å². The molecular formula is C33H52N2O4. The Hall–Kier alpha value is -1.92. The van der Waals surface area contributed by atoms with Crippen LogP contribution in [0.15, 0.2) is 30.3 Å². The van der Waals surface area contributed by atoms with Crippen molar-refractivity contribution >= 4 is 11.9 Å². The molecule has 2 aliphatic heterocycles. The molecule has 2 spiro atoms. The van der Waals surface area contributed by atoms with Crippen molar-refractivity contribution < 1.29 is 19.1 Å². The van der Waals surface area contributed by atoms with Crippen LogP contribution in [0.2, 0.25) is 0 Å². The maximum Gasteiger partial charge on any atom is 0.306 e. The molecule has 6 heteroatoms. The maximum absolute atomic E-state index is 12.4. The molecule has 6 nitrogen and oxygen atoms in total. The van der Waals surface area contributed by atoms with E-state index in [4.69, 9.17) is 9.47 Å². The van der Waals surface area contributed by atoms with E-state index >= 15 is 0 Å². The molecule has 4 fully saturated rings. The SMILES string of the molecule is CC(C)(C)OC(=O)CC1(C)CN(Cc2ccccc2)CC12CC2.CC(C)(C)OC(=O)CC1(C)CNCC12CC2. The van der Waals surface area contributed by atoms with E-state index in [1.807, 2.05) is 41.5 Å². The quantitative estimate of drug-likeness (QED) is 0.438. The molecule has 1 aromatic rings. The average Bonchev–Trinajstić information content (AvgIpc) is 3.66. The fourth-order valence-corrected chi connectivity index (χ4v) is 7.00. The van der Waals surface area contributed by atoms with Crippen LogP contribution < -0.4 is 5.32 Å². The van der Waals surface area contributed by atoms with Gasteiger partial charge < -0.3 is 14.8 Å². The average molecular weight is 541 g/mol. The number of esters is 2. The van der Waals surface area contributed by atoms with Gasteiger partial charge in [0.2, 0.25) is 0 Å². The van der Waals surface area contributed by atoms with Crippen molar-refractivity contribution in [2.75, 3.05) is 26.2 Å². The zero-order valence-corrected chi connectivity index (χ0v) is 25.7. The fraction of sp³-hybridized carbons (Fsp3) is 0.758. The van der Waals surface area contributed by atoms with Crippen molar-refractivity contribution in [2.45, 2.75) is 112 Å². The van der Waals surface area contributed by atoms with Crippen LogP contribution in [0, 0.1) is 21.7 Å². The van der Waals surface area contributed by atoms with Crippen LogP contribution in [0.1, 0.15) is 99.5 Å². The highest BCUT2D eigenvalue weighted by molar-refractivity contribution is 5.71. The van der Waals surface area contributed by atoms with Gasteiger partial charge in [-0.3, -0.25) is 14.5 Å². The number of carbonyl (C=O) groups is 2. The van der Waals surface area contributed by atoms with Crippen molar-refractivity contribution in [1.29, 1.82) is 0 Å². The number of carbonyl (C=O) groups excluding carboxylic acids is 2. The molecule has 39 heavy (non-hydrogen) atoms. The van der Waals surface area contributed by atoms with Gasteiger partial charge in [-0.15, -0.1) is 0 Å². The van der Waals surface area contributed by atoms with Gasteiger partial charge in [-0.25, -0.2) is 0 Å². The largest absolute Gasteiger partial charge is 0.460 e. The lowest BCUT2D eigenvalue weighted by atomic mass is 9.74. The van der Waals surface area contributed by atoms with E-state index in [1.54, 1.807) is 0 Å². The number of benzene rings is 1. The molecule has 0 radical (unpaired) electrons. The first kappa shape index (κ1) is 30.0. The Morgan fingerprint density at radius 1 is 0.769 bits per heavy atom. The summed E-state index contributed by atoms with van der Waals surface area (Å²) >= 11 is 0. The van der Waals surface area contributed by atoms with Gasteiger partial charge in [0.05, 0.1) is 12.8 Å². The van der Waals surface area contributed by atoms with Crippen LogP contribution in [0.4, 0.5) is 0 Å². The second-order valence-corrected chi connectivity index (χ2v) is 15.4. The number of rotatable bonds is 6. The minimum Gasteiger partial charge on any atom is -0.460 e. The zero-order valence-electron chi connectivity index (χ0n) is 25.7. The highest BCUT2D eigenvalue weighted by Gasteiger charge is 2.62. The van der Waals surface area contributed by atoms with Crippen molar-refractivity contribution in [2.24, 2.45) is 21.7 Å². The van der Waals surface area contributed by atoms with Gasteiger partial charge in [-0.05, 0) is 94.4 Å². The van der Waals surface area contributed by atoms with Crippen molar-refractivity contribution in [3.8, 4) is 0 Å². The molecule has 2 saturated carbocycles. The van der Waals surface area contributed by atoms with Gasteiger partial charge in [0.15, 0.2) is 0 Å². The number of nitrogens with zero attached hydrogens (tertiary/aromatic N) is 1. The first-order valence-electron chi connectivity index (χ1n) is 14.9. The van der Waals surface area contributed by atoms with Crippen LogP contribution in [0.25, 0.3) is 0 Å². The molecule has 0 bridgehead atoms. The third kappa shape index (κ3) is 7.24. The normalized spacial score (nSPS) is 28.6. The minimum atomic E-state index is -0.396. The molecule has 1 aromatic carbocycles. The van der Waals surface area contributed by atoms with E-state index in [0.717, 1.165) is 32.7 Å². The molecule has 2 atom stereocenters. The molecule has 4 aliphatic rings. The third-order valence-corrected chi connectivity index (χ3v) is 9.50. The summed E-state index contributed by atoms with van der Waals surface area (Å²) in [6.07, 6.45) is 6.11. The van der Waals surface area contributed by atoms with E-state index in [1.165, 1.54) is 31.2 Å². The summed E-state index contributed by atoms with van der Waals surface area (Å²) in [5, 5.41) is 3.43. The lowest BCUT2D eigenvalue weighted by molar-refractivity contribution is -0.159. The second kappa shape index (κ2) is 10.5. The first-order valence-corrected chi connectivity index (χ1v) is 14.9. The summed E-state index contributed by atoms with van der Waals surface area (Å²) in [6, 6.07) is 10.6. The number of ether oxygens (including phenoxy) is 2. The smallest absolute Gasteiger partial charge is 0.306 e. The molecule has 0 aromatic heterocycles. The molecule has 2 unspecified atom stereocenters. The van der Waals surface area contributed by atoms with E-state index in [9.17, 15) is 9.59 Å². The van der Waals surface area contributed by atoms with Crippen LogP contribution in [-0.4, -0.2) is 54.2 Å². The lowest BCUT2D eigenvalue weighted by Gasteiger charge is -2.31. The Morgan fingerprint density at radius 3 is 1.77 bits per heavy atom. The maximum atomic E-state index is 12.4. The summed E-state index contributed by atoms with van der Waals surface area (Å²) < 4.78 is 11.0. The van der Waals surface area contributed by atoms with E-state index in [-0.39, 0.29) is 28.4 Å². The first-order chi connectivity index (χ1) is 18.0. The monoisotopic (exact) mass is 540 g/mol. The van der Waals surface area contributed by atoms with Crippen molar-refractivity contribution in [3.63, 3.8) is 0 Å². The van der Waals surface area contributed by atoms with Crippen molar-refractivity contribution in [1.82, 2.24) is 10.2 Å². The zero-order chi connectivity index (χ0) is 28.7. The predicted octanol–water partition coefficient (Wildman–Crippen LogP) is 6.13. The van der Waals surface area contributed by atoms with Gasteiger partial charge in [0, 0.05) is 32.7 Å². The van der Waals surface area contributed by atoms with E-state index < -0.39 is 5.60 Å². The predicted molar refractivity (Wildman–Crippen MR) is 155 cm³/mol. The summed E-state index contributed by atoms with van der Waals surface area (Å²) in [5.74, 6) is -0.0992. The van der Waals surface area contributed by atoms with Gasteiger partial charge in [0.1, 0.15) is 11.2 Å². The molecule has 5 rings (SSSR count). The molecule has 0 amide bonds. The number of likely N-dealkylation sites (tertiary alicyclic amines) is 1. The summed E-state index contributed by atoms with van der Waals surface area (Å²) in [7, 11) is 0. The Kier molecular flexibility index (Phi) is 8.08. The molecule has 2 aliphatic carbocycles. The molecule has 218 valence electrons. The molecule has 1 N–H and O–H groups in total. The Balaban J connectivity index is 0.000000193. The topological polar surface area (TPSA) is 67.9 Å². The molecular weight excluding hydrogens is 488 g/mol. The summed E-state index contributed by atoms with van der Waals surface area (Å²) in [5.41, 5.74) is 1.47.